The normalized spacial score (nSPS) is 19.2. The maximum atomic E-state index is 13.4. The second-order valence-electron chi connectivity index (χ2n) is 4.11. The van der Waals surface area contributed by atoms with Gasteiger partial charge in [-0.25, -0.2) is 9.18 Å². The number of thioether (sulfide) groups is 1. The summed E-state index contributed by atoms with van der Waals surface area (Å²) < 4.78 is 13.4. The molecule has 2 rings (SSSR count). The van der Waals surface area contributed by atoms with Crippen molar-refractivity contribution < 1.29 is 14.3 Å². The molecular formula is C12H14FNO2S. The van der Waals surface area contributed by atoms with Crippen LogP contribution in [0.1, 0.15) is 16.8 Å². The molecule has 0 radical (unpaired) electrons. The van der Waals surface area contributed by atoms with Gasteiger partial charge in [-0.1, -0.05) is 0 Å². The zero-order valence-electron chi connectivity index (χ0n) is 9.28. The van der Waals surface area contributed by atoms with Crippen LogP contribution in [0.5, 0.6) is 0 Å². The van der Waals surface area contributed by atoms with E-state index in [-0.39, 0.29) is 5.56 Å². The SMILES string of the molecule is O=C(O)c1ccc(NCC2CCSC2)cc1F. The molecule has 1 fully saturated rings. The van der Waals surface area contributed by atoms with E-state index in [9.17, 15) is 9.18 Å². The fraction of sp³-hybridized carbons (Fsp3) is 0.417. The van der Waals surface area contributed by atoms with E-state index in [4.69, 9.17) is 5.11 Å². The number of rotatable bonds is 4. The highest BCUT2D eigenvalue weighted by Crippen LogP contribution is 2.24. The van der Waals surface area contributed by atoms with Gasteiger partial charge in [0, 0.05) is 12.2 Å². The summed E-state index contributed by atoms with van der Waals surface area (Å²) in [5.74, 6) is 1.04. The zero-order valence-corrected chi connectivity index (χ0v) is 10.1. The van der Waals surface area contributed by atoms with E-state index in [1.54, 1.807) is 6.07 Å². The highest BCUT2D eigenvalue weighted by molar-refractivity contribution is 7.99. The number of nitrogens with one attached hydrogen (secondary N) is 1. The van der Waals surface area contributed by atoms with Crippen LogP contribution in [0.3, 0.4) is 0 Å². The van der Waals surface area contributed by atoms with Crippen LogP contribution in [0.25, 0.3) is 0 Å². The first-order valence-electron chi connectivity index (χ1n) is 5.51. The van der Waals surface area contributed by atoms with Gasteiger partial charge in [0.15, 0.2) is 0 Å². The summed E-state index contributed by atoms with van der Waals surface area (Å²) in [5, 5.41) is 11.8. The first kappa shape index (κ1) is 12.2. The van der Waals surface area contributed by atoms with Crippen LogP contribution < -0.4 is 5.32 Å². The van der Waals surface area contributed by atoms with Crippen LogP contribution in [-0.2, 0) is 0 Å². The van der Waals surface area contributed by atoms with Crippen molar-refractivity contribution in [1.82, 2.24) is 0 Å². The highest BCUT2D eigenvalue weighted by Gasteiger charge is 2.15. The quantitative estimate of drug-likeness (QED) is 0.868. The summed E-state index contributed by atoms with van der Waals surface area (Å²) in [6, 6.07) is 4.14. The zero-order chi connectivity index (χ0) is 12.3. The Morgan fingerprint density at radius 2 is 2.41 bits per heavy atom. The molecule has 1 unspecified atom stereocenters. The topological polar surface area (TPSA) is 49.3 Å². The molecule has 1 heterocycles. The van der Waals surface area contributed by atoms with Crippen molar-refractivity contribution in [3.63, 3.8) is 0 Å². The van der Waals surface area contributed by atoms with E-state index in [2.05, 4.69) is 5.32 Å². The fourth-order valence-electron chi connectivity index (χ4n) is 1.81. The van der Waals surface area contributed by atoms with Crippen LogP contribution in [-0.4, -0.2) is 29.1 Å². The van der Waals surface area contributed by atoms with Gasteiger partial charge in [-0.15, -0.1) is 0 Å². The number of carboxylic acids is 1. The molecule has 1 saturated heterocycles. The van der Waals surface area contributed by atoms with Crippen molar-refractivity contribution in [3.05, 3.63) is 29.6 Å². The van der Waals surface area contributed by atoms with Gasteiger partial charge < -0.3 is 10.4 Å². The van der Waals surface area contributed by atoms with Crippen molar-refractivity contribution in [2.45, 2.75) is 6.42 Å². The lowest BCUT2D eigenvalue weighted by Crippen LogP contribution is -2.13. The Kier molecular flexibility index (Phi) is 3.89. The van der Waals surface area contributed by atoms with Gasteiger partial charge in [0.2, 0.25) is 0 Å². The smallest absolute Gasteiger partial charge is 0.338 e. The van der Waals surface area contributed by atoms with Crippen molar-refractivity contribution in [2.24, 2.45) is 5.92 Å². The van der Waals surface area contributed by atoms with E-state index in [1.807, 2.05) is 11.8 Å². The van der Waals surface area contributed by atoms with E-state index in [1.165, 1.54) is 24.3 Å². The maximum absolute atomic E-state index is 13.4. The third kappa shape index (κ3) is 3.12. The molecule has 0 amide bonds. The summed E-state index contributed by atoms with van der Waals surface area (Å²) in [7, 11) is 0. The van der Waals surface area contributed by atoms with E-state index in [0.29, 0.717) is 11.6 Å². The van der Waals surface area contributed by atoms with Gasteiger partial charge in [-0.05, 0) is 42.0 Å². The molecule has 3 nitrogen and oxygen atoms in total. The molecule has 5 heteroatoms. The predicted molar refractivity (Wildman–Crippen MR) is 67.3 cm³/mol. The highest BCUT2D eigenvalue weighted by atomic mass is 32.2. The van der Waals surface area contributed by atoms with Gasteiger partial charge in [0.25, 0.3) is 0 Å². The van der Waals surface area contributed by atoms with Gasteiger partial charge in [0.1, 0.15) is 5.82 Å². The summed E-state index contributed by atoms with van der Waals surface area (Å²) >= 11 is 1.94. The maximum Gasteiger partial charge on any atom is 0.338 e. The van der Waals surface area contributed by atoms with Crippen LogP contribution >= 0.6 is 11.8 Å². The van der Waals surface area contributed by atoms with Gasteiger partial charge in [-0.3, -0.25) is 0 Å². The predicted octanol–water partition coefficient (Wildman–Crippen LogP) is 2.69. The second-order valence-corrected chi connectivity index (χ2v) is 5.26. The third-order valence-corrected chi connectivity index (χ3v) is 4.05. The monoisotopic (exact) mass is 255 g/mol. The Morgan fingerprint density at radius 1 is 1.59 bits per heavy atom. The molecule has 0 aliphatic carbocycles. The van der Waals surface area contributed by atoms with Gasteiger partial charge in [-0.2, -0.15) is 11.8 Å². The summed E-state index contributed by atoms with van der Waals surface area (Å²) in [6.07, 6.45) is 1.19. The van der Waals surface area contributed by atoms with Gasteiger partial charge >= 0.3 is 5.97 Å². The number of carboxylic acid groups (broad SMARTS) is 1. The van der Waals surface area contributed by atoms with Crippen LogP contribution in [0.2, 0.25) is 0 Å². The molecule has 0 saturated carbocycles. The average molecular weight is 255 g/mol. The number of aromatic carboxylic acids is 1. The summed E-state index contributed by atoms with van der Waals surface area (Å²) in [5.41, 5.74) is 0.358. The minimum atomic E-state index is -1.23. The lowest BCUT2D eigenvalue weighted by atomic mass is 10.1. The lowest BCUT2D eigenvalue weighted by Gasteiger charge is -2.11. The molecule has 1 aliphatic heterocycles. The Labute approximate surface area is 103 Å². The lowest BCUT2D eigenvalue weighted by molar-refractivity contribution is 0.0692. The second kappa shape index (κ2) is 5.40. The first-order valence-corrected chi connectivity index (χ1v) is 6.67. The molecule has 17 heavy (non-hydrogen) atoms. The number of benzene rings is 1. The molecule has 1 aliphatic rings. The van der Waals surface area contributed by atoms with Crippen molar-refractivity contribution in [3.8, 4) is 0 Å². The number of anilines is 1. The third-order valence-electron chi connectivity index (χ3n) is 2.82. The molecule has 0 spiro atoms. The average Bonchev–Trinajstić information content (AvgIpc) is 2.78. The minimum absolute atomic E-state index is 0.285. The Hall–Kier alpha value is -1.23. The number of hydrogen-bond acceptors (Lipinski definition) is 3. The molecule has 1 atom stereocenters. The molecule has 1 aromatic rings. The molecule has 2 N–H and O–H groups in total. The number of hydrogen-bond donors (Lipinski definition) is 2. The van der Waals surface area contributed by atoms with Crippen molar-refractivity contribution >= 4 is 23.4 Å². The standard InChI is InChI=1S/C12H14FNO2S/c13-11-5-9(1-2-10(11)12(15)16)14-6-8-3-4-17-7-8/h1-2,5,8,14H,3-4,6-7H2,(H,15,16). The molecule has 0 aromatic heterocycles. The van der Waals surface area contributed by atoms with E-state index in [0.717, 1.165) is 12.3 Å². The molecule has 0 bridgehead atoms. The van der Waals surface area contributed by atoms with Gasteiger partial charge in [0.05, 0.1) is 5.56 Å². The van der Waals surface area contributed by atoms with E-state index >= 15 is 0 Å². The Bertz CT molecular complexity index is 419. The van der Waals surface area contributed by atoms with Crippen LogP contribution in [0, 0.1) is 11.7 Å². The van der Waals surface area contributed by atoms with Crippen molar-refractivity contribution in [1.29, 1.82) is 0 Å². The molecule has 1 aromatic carbocycles. The minimum Gasteiger partial charge on any atom is -0.478 e. The summed E-state index contributed by atoms with van der Waals surface area (Å²) in [4.78, 5) is 10.6. The number of halogens is 1. The Morgan fingerprint density at radius 3 is 3.00 bits per heavy atom. The molecular weight excluding hydrogens is 241 g/mol. The van der Waals surface area contributed by atoms with Crippen molar-refractivity contribution in [2.75, 3.05) is 23.4 Å². The van der Waals surface area contributed by atoms with Crippen LogP contribution in [0.4, 0.5) is 10.1 Å². The van der Waals surface area contributed by atoms with Crippen LogP contribution in [0.15, 0.2) is 18.2 Å². The first-order chi connectivity index (χ1) is 8.16. The van der Waals surface area contributed by atoms with E-state index < -0.39 is 11.8 Å². The fourth-order valence-corrected chi connectivity index (χ4v) is 3.09. The summed E-state index contributed by atoms with van der Waals surface area (Å²) in [6.45, 7) is 0.818. The Balaban J connectivity index is 1.97. The number of carbonyl (C=O) groups is 1. The molecule has 92 valence electrons. The largest absolute Gasteiger partial charge is 0.478 e.